The van der Waals surface area contributed by atoms with Gasteiger partial charge in [-0.1, -0.05) is 6.07 Å². The molecule has 4 rings (SSSR count). The van der Waals surface area contributed by atoms with Crippen LogP contribution >= 0.6 is 11.3 Å². The molecule has 3 heterocycles. The smallest absolute Gasteiger partial charge is 0.243 e. The molecule has 2 aliphatic heterocycles. The minimum absolute atomic E-state index is 0.0639. The van der Waals surface area contributed by atoms with Crippen LogP contribution in [0.2, 0.25) is 0 Å². The van der Waals surface area contributed by atoms with E-state index in [1.165, 1.54) is 0 Å². The summed E-state index contributed by atoms with van der Waals surface area (Å²) >= 11 is 1.61. The summed E-state index contributed by atoms with van der Waals surface area (Å²) in [7, 11) is -3.55. The molecule has 1 aromatic carbocycles. The Balaban J connectivity index is 1.68. The molecule has 5 nitrogen and oxygen atoms in total. The molecule has 1 atom stereocenters. The van der Waals surface area contributed by atoms with E-state index in [-0.39, 0.29) is 10.9 Å². The topological polar surface area (TPSA) is 55.8 Å². The molecule has 1 aromatic heterocycles. The van der Waals surface area contributed by atoms with Gasteiger partial charge in [-0.05, 0) is 36.4 Å². The first-order chi connectivity index (χ1) is 11.7. The zero-order valence-corrected chi connectivity index (χ0v) is 14.8. The first-order valence-electron chi connectivity index (χ1n) is 8.11. The van der Waals surface area contributed by atoms with Crippen molar-refractivity contribution >= 4 is 21.4 Å². The van der Waals surface area contributed by atoms with Gasteiger partial charge in [-0.3, -0.25) is 0 Å². The predicted octanol–water partition coefficient (Wildman–Crippen LogP) is 3.44. The first kappa shape index (κ1) is 15.9. The number of benzene rings is 1. The van der Waals surface area contributed by atoms with Gasteiger partial charge in [-0.15, -0.1) is 11.3 Å². The van der Waals surface area contributed by atoms with Crippen LogP contribution in [0.5, 0.6) is 11.5 Å². The van der Waals surface area contributed by atoms with Gasteiger partial charge in [-0.25, -0.2) is 8.42 Å². The van der Waals surface area contributed by atoms with Crippen LogP contribution in [0.25, 0.3) is 0 Å². The van der Waals surface area contributed by atoms with Crippen LogP contribution in [0.15, 0.2) is 40.6 Å². The molecule has 1 saturated heterocycles. The number of sulfonamides is 1. The number of hydrogen-bond acceptors (Lipinski definition) is 5. The van der Waals surface area contributed by atoms with Gasteiger partial charge in [-0.2, -0.15) is 4.31 Å². The summed E-state index contributed by atoms with van der Waals surface area (Å²) in [5.74, 6) is 1.13. The lowest BCUT2D eigenvalue weighted by molar-refractivity contribution is 0.296. The van der Waals surface area contributed by atoms with Crippen LogP contribution in [-0.2, 0) is 10.0 Å². The molecule has 0 aliphatic carbocycles. The van der Waals surface area contributed by atoms with Crippen molar-refractivity contribution in [3.63, 3.8) is 0 Å². The first-order valence-corrected chi connectivity index (χ1v) is 10.4. The van der Waals surface area contributed by atoms with E-state index in [2.05, 4.69) is 0 Å². The van der Waals surface area contributed by atoms with Crippen molar-refractivity contribution in [2.75, 3.05) is 19.8 Å². The van der Waals surface area contributed by atoms with Crippen molar-refractivity contribution in [2.24, 2.45) is 0 Å². The second kappa shape index (κ2) is 6.38. The van der Waals surface area contributed by atoms with Gasteiger partial charge in [0.15, 0.2) is 11.5 Å². The molecule has 7 heteroatoms. The van der Waals surface area contributed by atoms with Gasteiger partial charge in [0.2, 0.25) is 10.0 Å². The standard InChI is InChI=1S/C17H19NO4S2/c19-24(20,18-8-1-4-14(18)17-5-2-11-23-17)13-6-7-15-16(12-13)22-10-3-9-21-15/h2,5-7,11-12,14H,1,3-4,8-10H2/t14-/m0/s1. The Kier molecular flexibility index (Phi) is 4.24. The maximum atomic E-state index is 13.1. The molecule has 0 radical (unpaired) electrons. The summed E-state index contributed by atoms with van der Waals surface area (Å²) in [6, 6.07) is 8.83. The van der Waals surface area contributed by atoms with Gasteiger partial charge in [0.25, 0.3) is 0 Å². The third kappa shape index (κ3) is 2.81. The molecule has 0 unspecified atom stereocenters. The third-order valence-electron chi connectivity index (χ3n) is 4.40. The fourth-order valence-electron chi connectivity index (χ4n) is 3.23. The van der Waals surface area contributed by atoms with Crippen LogP contribution in [0, 0.1) is 0 Å². The third-order valence-corrected chi connectivity index (χ3v) is 7.28. The molecule has 0 N–H and O–H groups in total. The molecule has 128 valence electrons. The van der Waals surface area contributed by atoms with Gasteiger partial charge in [0, 0.05) is 23.9 Å². The number of rotatable bonds is 3. The predicted molar refractivity (Wildman–Crippen MR) is 92.2 cm³/mol. The van der Waals surface area contributed by atoms with Crippen molar-refractivity contribution in [3.8, 4) is 11.5 Å². The van der Waals surface area contributed by atoms with Gasteiger partial charge in [0.1, 0.15) is 0 Å². The van der Waals surface area contributed by atoms with Gasteiger partial charge in [0.05, 0.1) is 24.2 Å². The maximum absolute atomic E-state index is 13.1. The maximum Gasteiger partial charge on any atom is 0.243 e. The second-order valence-corrected chi connectivity index (χ2v) is 8.82. The van der Waals surface area contributed by atoms with E-state index in [1.54, 1.807) is 33.8 Å². The Bertz CT molecular complexity index is 817. The molecular weight excluding hydrogens is 346 g/mol. The summed E-state index contributed by atoms with van der Waals surface area (Å²) in [4.78, 5) is 1.38. The normalized spacial score (nSPS) is 21.6. The van der Waals surface area contributed by atoms with Crippen molar-refractivity contribution < 1.29 is 17.9 Å². The van der Waals surface area contributed by atoms with Crippen molar-refractivity contribution in [3.05, 3.63) is 40.6 Å². The number of ether oxygens (including phenoxy) is 2. The van der Waals surface area contributed by atoms with Gasteiger partial charge < -0.3 is 9.47 Å². The summed E-state index contributed by atoms with van der Waals surface area (Å²) in [5.41, 5.74) is 0. The minimum atomic E-state index is -3.55. The minimum Gasteiger partial charge on any atom is -0.490 e. The van der Waals surface area contributed by atoms with E-state index >= 15 is 0 Å². The van der Waals surface area contributed by atoms with E-state index < -0.39 is 10.0 Å². The van der Waals surface area contributed by atoms with Crippen LogP contribution < -0.4 is 9.47 Å². The largest absolute Gasteiger partial charge is 0.490 e. The Morgan fingerprint density at radius 1 is 1.08 bits per heavy atom. The zero-order chi connectivity index (χ0) is 16.6. The van der Waals surface area contributed by atoms with Crippen molar-refractivity contribution in [2.45, 2.75) is 30.2 Å². The Morgan fingerprint density at radius 2 is 1.92 bits per heavy atom. The molecular formula is C17H19NO4S2. The highest BCUT2D eigenvalue weighted by Gasteiger charge is 2.37. The fraction of sp³-hybridized carbons (Fsp3) is 0.412. The average molecular weight is 365 g/mol. The molecule has 1 fully saturated rings. The van der Waals surface area contributed by atoms with E-state index in [0.29, 0.717) is 31.3 Å². The van der Waals surface area contributed by atoms with Crippen molar-refractivity contribution in [1.29, 1.82) is 0 Å². The molecule has 0 amide bonds. The molecule has 0 spiro atoms. The summed E-state index contributed by atoms with van der Waals surface area (Å²) in [6.45, 7) is 1.68. The van der Waals surface area contributed by atoms with Crippen LogP contribution in [0.4, 0.5) is 0 Å². The number of thiophene rings is 1. The SMILES string of the molecule is O=S(=O)(c1ccc2c(c1)OCCCO2)N1CCC[C@H]1c1cccs1. The molecule has 2 aliphatic rings. The van der Waals surface area contributed by atoms with E-state index in [9.17, 15) is 8.42 Å². The highest BCUT2D eigenvalue weighted by Crippen LogP contribution is 2.40. The second-order valence-electron chi connectivity index (χ2n) is 5.95. The van der Waals surface area contributed by atoms with Gasteiger partial charge >= 0.3 is 0 Å². The lowest BCUT2D eigenvalue weighted by Crippen LogP contribution is -2.30. The Morgan fingerprint density at radius 3 is 2.71 bits per heavy atom. The Labute approximate surface area is 145 Å². The van der Waals surface area contributed by atoms with E-state index in [0.717, 1.165) is 24.1 Å². The molecule has 0 saturated carbocycles. The zero-order valence-electron chi connectivity index (χ0n) is 13.2. The van der Waals surface area contributed by atoms with E-state index in [4.69, 9.17) is 9.47 Å². The monoisotopic (exact) mass is 365 g/mol. The average Bonchev–Trinajstić information content (AvgIpc) is 3.21. The fourth-order valence-corrected chi connectivity index (χ4v) is 5.86. The molecule has 2 aromatic rings. The van der Waals surface area contributed by atoms with E-state index in [1.807, 2.05) is 17.5 Å². The lowest BCUT2D eigenvalue weighted by atomic mass is 10.2. The van der Waals surface area contributed by atoms with Crippen LogP contribution in [0.1, 0.15) is 30.2 Å². The summed E-state index contributed by atoms with van der Waals surface area (Å²) < 4.78 is 39.1. The summed E-state index contributed by atoms with van der Waals surface area (Å²) in [6.07, 6.45) is 2.54. The lowest BCUT2D eigenvalue weighted by Gasteiger charge is -2.23. The molecule has 24 heavy (non-hydrogen) atoms. The highest BCUT2D eigenvalue weighted by molar-refractivity contribution is 7.89. The number of hydrogen-bond donors (Lipinski definition) is 0. The number of fused-ring (bicyclic) bond motifs is 1. The quantitative estimate of drug-likeness (QED) is 0.836. The van der Waals surface area contributed by atoms with Crippen LogP contribution in [0.3, 0.4) is 0 Å². The number of nitrogens with zero attached hydrogens (tertiary/aromatic N) is 1. The van der Waals surface area contributed by atoms with Crippen LogP contribution in [-0.4, -0.2) is 32.5 Å². The van der Waals surface area contributed by atoms with Crippen molar-refractivity contribution in [1.82, 2.24) is 4.31 Å². The highest BCUT2D eigenvalue weighted by atomic mass is 32.2. The molecule has 0 bridgehead atoms. The summed E-state index contributed by atoms with van der Waals surface area (Å²) in [5, 5.41) is 1.99. The Hall–Kier alpha value is -1.57.